The van der Waals surface area contributed by atoms with Gasteiger partial charge in [-0.05, 0) is 36.8 Å². The largest absolute Gasteiger partial charge is 0.465 e. The van der Waals surface area contributed by atoms with Crippen LogP contribution in [0.25, 0.3) is 0 Å². The highest BCUT2D eigenvalue weighted by molar-refractivity contribution is 5.89. The molecule has 0 unspecified atom stereocenters. The van der Waals surface area contributed by atoms with Gasteiger partial charge < -0.3 is 14.3 Å². The Hall–Kier alpha value is -3.61. The van der Waals surface area contributed by atoms with Gasteiger partial charge in [-0.1, -0.05) is 35.5 Å². The van der Waals surface area contributed by atoms with Crippen LogP contribution < -0.4 is 4.74 Å². The van der Waals surface area contributed by atoms with E-state index in [0.29, 0.717) is 17.2 Å². The van der Waals surface area contributed by atoms with Crippen molar-refractivity contribution in [2.75, 3.05) is 7.11 Å². The van der Waals surface area contributed by atoms with Crippen LogP contribution in [-0.2, 0) is 23.2 Å². The Morgan fingerprint density at radius 1 is 1.14 bits per heavy atom. The van der Waals surface area contributed by atoms with E-state index in [1.807, 2.05) is 44.3 Å². The Morgan fingerprint density at radius 2 is 1.86 bits per heavy atom. The van der Waals surface area contributed by atoms with E-state index in [-0.39, 0.29) is 12.6 Å². The Bertz CT molecular complexity index is 963. The zero-order valence-electron chi connectivity index (χ0n) is 16.0. The van der Waals surface area contributed by atoms with Gasteiger partial charge in [0.1, 0.15) is 12.4 Å². The molecule has 0 amide bonds. The Balaban J connectivity index is 1.65. The molecule has 0 fully saturated rings. The highest BCUT2D eigenvalue weighted by atomic mass is 16.6. The first-order valence-corrected chi connectivity index (χ1v) is 8.67. The third-order valence-corrected chi connectivity index (χ3v) is 4.03. The van der Waals surface area contributed by atoms with Gasteiger partial charge in [-0.15, -0.1) is 0 Å². The first-order chi connectivity index (χ1) is 13.6. The SMILES string of the molecule is COC(=O)c1ccc(CO/N=C/c2c(C)nn(C)c2Oc2ccccc2)cc1. The van der Waals surface area contributed by atoms with Crippen molar-refractivity contribution in [1.82, 2.24) is 9.78 Å². The van der Waals surface area contributed by atoms with Crippen LogP contribution in [0.3, 0.4) is 0 Å². The smallest absolute Gasteiger partial charge is 0.337 e. The summed E-state index contributed by atoms with van der Waals surface area (Å²) in [5, 5.41) is 8.42. The lowest BCUT2D eigenvalue weighted by molar-refractivity contribution is 0.0600. The van der Waals surface area contributed by atoms with E-state index in [4.69, 9.17) is 9.57 Å². The molecule has 7 heteroatoms. The molecule has 28 heavy (non-hydrogen) atoms. The van der Waals surface area contributed by atoms with E-state index in [1.165, 1.54) is 7.11 Å². The summed E-state index contributed by atoms with van der Waals surface area (Å²) in [7, 11) is 3.16. The molecule has 1 aromatic heterocycles. The van der Waals surface area contributed by atoms with E-state index < -0.39 is 0 Å². The number of para-hydroxylation sites is 1. The van der Waals surface area contributed by atoms with Crippen molar-refractivity contribution in [3.63, 3.8) is 0 Å². The summed E-state index contributed by atoms with van der Waals surface area (Å²) in [6, 6.07) is 16.4. The molecule has 144 valence electrons. The second kappa shape index (κ2) is 8.85. The number of methoxy groups -OCH3 is 1. The van der Waals surface area contributed by atoms with Crippen LogP contribution in [0.15, 0.2) is 59.8 Å². The predicted octanol–water partition coefficient (Wildman–Crippen LogP) is 3.86. The van der Waals surface area contributed by atoms with Crippen LogP contribution in [0, 0.1) is 6.92 Å². The number of benzene rings is 2. The monoisotopic (exact) mass is 379 g/mol. The summed E-state index contributed by atoms with van der Waals surface area (Å²) < 4.78 is 12.3. The number of oxime groups is 1. The van der Waals surface area contributed by atoms with Gasteiger partial charge in [0, 0.05) is 7.05 Å². The predicted molar refractivity (Wildman–Crippen MR) is 105 cm³/mol. The van der Waals surface area contributed by atoms with Crippen LogP contribution in [-0.4, -0.2) is 29.1 Å². The van der Waals surface area contributed by atoms with Crippen molar-refractivity contribution >= 4 is 12.2 Å². The van der Waals surface area contributed by atoms with E-state index in [0.717, 1.165) is 16.8 Å². The lowest BCUT2D eigenvalue weighted by atomic mass is 10.1. The summed E-state index contributed by atoms with van der Waals surface area (Å²) in [6.45, 7) is 2.15. The minimum Gasteiger partial charge on any atom is -0.465 e. The van der Waals surface area contributed by atoms with Crippen LogP contribution in [0.2, 0.25) is 0 Å². The molecule has 0 N–H and O–H groups in total. The Morgan fingerprint density at radius 3 is 2.54 bits per heavy atom. The standard InChI is InChI=1S/C21H21N3O4/c1-15-19(20(24(2)23-15)28-18-7-5-4-6-8-18)13-22-27-14-16-9-11-17(12-10-16)21(25)26-3/h4-13H,14H2,1-3H3/b22-13+. The number of ether oxygens (including phenoxy) is 2. The molecule has 3 aromatic rings. The summed E-state index contributed by atoms with van der Waals surface area (Å²) in [5.41, 5.74) is 2.90. The van der Waals surface area contributed by atoms with Crippen LogP contribution in [0.1, 0.15) is 27.2 Å². The number of hydrogen-bond donors (Lipinski definition) is 0. The van der Waals surface area contributed by atoms with Crippen molar-refractivity contribution < 1.29 is 19.1 Å². The van der Waals surface area contributed by atoms with Gasteiger partial charge in [-0.25, -0.2) is 9.48 Å². The molecule has 0 spiro atoms. The van der Waals surface area contributed by atoms with Gasteiger partial charge >= 0.3 is 5.97 Å². The van der Waals surface area contributed by atoms with Gasteiger partial charge in [0.05, 0.1) is 30.1 Å². The highest BCUT2D eigenvalue weighted by Gasteiger charge is 2.14. The number of aryl methyl sites for hydroxylation is 2. The molecular weight excluding hydrogens is 358 g/mol. The highest BCUT2D eigenvalue weighted by Crippen LogP contribution is 2.25. The van der Waals surface area contributed by atoms with Crippen molar-refractivity contribution in [3.05, 3.63) is 77.0 Å². The summed E-state index contributed by atoms with van der Waals surface area (Å²) in [6.07, 6.45) is 1.59. The number of carbonyl (C=O) groups is 1. The molecule has 0 aliphatic rings. The molecule has 0 aliphatic carbocycles. The molecule has 3 rings (SSSR count). The van der Waals surface area contributed by atoms with Crippen molar-refractivity contribution in [3.8, 4) is 11.6 Å². The zero-order chi connectivity index (χ0) is 19.9. The van der Waals surface area contributed by atoms with Gasteiger partial charge in [0.15, 0.2) is 0 Å². The number of rotatable bonds is 7. The molecular formula is C21H21N3O4. The summed E-state index contributed by atoms with van der Waals surface area (Å²) >= 11 is 0. The quantitative estimate of drug-likeness (QED) is 0.354. The first kappa shape index (κ1) is 19.2. The van der Waals surface area contributed by atoms with Crippen LogP contribution in [0.4, 0.5) is 0 Å². The van der Waals surface area contributed by atoms with E-state index in [9.17, 15) is 4.79 Å². The maximum absolute atomic E-state index is 11.4. The minimum absolute atomic E-state index is 0.270. The molecule has 7 nitrogen and oxygen atoms in total. The van der Waals surface area contributed by atoms with Gasteiger partial charge in [-0.3, -0.25) is 0 Å². The number of carbonyl (C=O) groups excluding carboxylic acids is 1. The normalized spacial score (nSPS) is 10.8. The first-order valence-electron chi connectivity index (χ1n) is 8.67. The maximum atomic E-state index is 11.4. The van der Waals surface area contributed by atoms with Crippen LogP contribution >= 0.6 is 0 Å². The summed E-state index contributed by atoms with van der Waals surface area (Å²) in [4.78, 5) is 16.8. The van der Waals surface area contributed by atoms with Crippen molar-refractivity contribution in [2.24, 2.45) is 12.2 Å². The number of hydrogen-bond acceptors (Lipinski definition) is 6. The molecule has 0 saturated heterocycles. The molecule has 0 atom stereocenters. The fraction of sp³-hybridized carbons (Fsp3) is 0.190. The van der Waals surface area contributed by atoms with Gasteiger partial charge in [0.25, 0.3) is 0 Å². The lowest BCUT2D eigenvalue weighted by Gasteiger charge is -2.06. The number of esters is 1. The lowest BCUT2D eigenvalue weighted by Crippen LogP contribution is -2.01. The third kappa shape index (κ3) is 4.56. The fourth-order valence-electron chi connectivity index (χ4n) is 2.58. The molecule has 1 heterocycles. The van der Waals surface area contributed by atoms with Crippen molar-refractivity contribution in [2.45, 2.75) is 13.5 Å². The molecule has 0 aliphatic heterocycles. The average Bonchev–Trinajstić information content (AvgIpc) is 2.98. The fourth-order valence-corrected chi connectivity index (χ4v) is 2.58. The Kier molecular flexibility index (Phi) is 6.06. The third-order valence-electron chi connectivity index (χ3n) is 4.03. The minimum atomic E-state index is -0.372. The molecule has 0 radical (unpaired) electrons. The van der Waals surface area contributed by atoms with E-state index >= 15 is 0 Å². The molecule has 0 saturated carbocycles. The molecule has 0 bridgehead atoms. The average molecular weight is 379 g/mol. The van der Waals surface area contributed by atoms with Gasteiger partial charge in [0.2, 0.25) is 5.88 Å². The number of nitrogens with zero attached hydrogens (tertiary/aromatic N) is 3. The van der Waals surface area contributed by atoms with Crippen molar-refractivity contribution in [1.29, 1.82) is 0 Å². The second-order valence-electron chi connectivity index (χ2n) is 6.04. The van der Waals surface area contributed by atoms with Crippen LogP contribution in [0.5, 0.6) is 11.6 Å². The second-order valence-corrected chi connectivity index (χ2v) is 6.04. The summed E-state index contributed by atoms with van der Waals surface area (Å²) in [5.74, 6) is 0.925. The van der Waals surface area contributed by atoms with E-state index in [2.05, 4.69) is 15.0 Å². The topological polar surface area (TPSA) is 74.9 Å². The number of aromatic nitrogens is 2. The zero-order valence-corrected chi connectivity index (χ0v) is 16.0. The Labute approximate surface area is 163 Å². The van der Waals surface area contributed by atoms with E-state index in [1.54, 1.807) is 35.2 Å². The molecule has 2 aromatic carbocycles. The maximum Gasteiger partial charge on any atom is 0.337 e. The van der Waals surface area contributed by atoms with Gasteiger partial charge in [-0.2, -0.15) is 5.10 Å².